The molecule has 1 unspecified atom stereocenters. The van der Waals surface area contributed by atoms with Crippen molar-refractivity contribution < 1.29 is 28.6 Å². The summed E-state index contributed by atoms with van der Waals surface area (Å²) >= 11 is 0. The van der Waals surface area contributed by atoms with Crippen molar-refractivity contribution in [2.75, 3.05) is 13.2 Å². The van der Waals surface area contributed by atoms with Gasteiger partial charge in [-0.25, -0.2) is 0 Å². The molecule has 1 atom stereocenters. The van der Waals surface area contributed by atoms with Crippen LogP contribution in [0.2, 0.25) is 0 Å². The maximum atomic E-state index is 12.8. The van der Waals surface area contributed by atoms with Crippen LogP contribution in [-0.2, 0) is 28.6 Å². The second-order valence-electron chi connectivity index (χ2n) is 20.9. The zero-order valence-corrected chi connectivity index (χ0v) is 52.0. The number of esters is 3. The fourth-order valence-electron chi connectivity index (χ4n) is 8.41. The van der Waals surface area contributed by atoms with Gasteiger partial charge in [0.2, 0.25) is 0 Å². The Morgan fingerprint density at radius 2 is 0.519 bits per heavy atom. The summed E-state index contributed by atoms with van der Waals surface area (Å²) in [5, 5.41) is 0. The van der Waals surface area contributed by atoms with Gasteiger partial charge in [0.1, 0.15) is 13.2 Å². The number of unbranched alkanes of at least 4 members (excludes halogenated alkanes) is 19. The Balaban J connectivity index is 4.38. The molecule has 0 spiro atoms. The molecule has 6 nitrogen and oxygen atoms in total. The van der Waals surface area contributed by atoms with E-state index in [9.17, 15) is 14.4 Å². The van der Waals surface area contributed by atoms with Gasteiger partial charge >= 0.3 is 17.9 Å². The van der Waals surface area contributed by atoms with E-state index in [1.54, 1.807) is 6.08 Å². The van der Waals surface area contributed by atoms with Crippen molar-refractivity contribution in [3.8, 4) is 0 Å². The van der Waals surface area contributed by atoms with E-state index in [2.05, 4.69) is 179 Å². The van der Waals surface area contributed by atoms with Crippen molar-refractivity contribution in [1.29, 1.82) is 0 Å². The number of hydrogen-bond donors (Lipinski definition) is 0. The second kappa shape index (κ2) is 67.3. The standard InChI is InChI=1S/C75H118O6/c1-4-7-10-13-16-19-22-25-28-29-30-31-32-33-34-35-36-37-38-39-40-41-42-43-44-45-48-50-53-56-59-62-65-68-74(77)80-71-72(81-75(78)69-66-63-60-57-54-51-47-27-24-21-18-15-12-9-6-3)70-79-73(76)67-64-61-58-55-52-49-46-26-23-20-17-14-11-8-5-2/h7,9-10,12,16,18-19,21,25-28,30-31,33-34,36-37,39-40,42-43,46-47,54,57,63,66,72H,4-6,8,11,13-15,17,20,22-24,29,32,35,38,41,44-45,48-53,55-56,58-62,64-65,67-71H2,1-3H3/b10-7-,12-9-,19-16-,21-18-,28-25-,31-30-,34-33-,37-36-,40-39-,43-42-,46-26-,47-27-,57-54-,66-63-. The Labute approximate surface area is 498 Å². The van der Waals surface area contributed by atoms with E-state index in [-0.39, 0.29) is 31.6 Å². The second-order valence-corrected chi connectivity index (χ2v) is 20.9. The van der Waals surface area contributed by atoms with Crippen LogP contribution in [0.4, 0.5) is 0 Å². The summed E-state index contributed by atoms with van der Waals surface area (Å²) < 4.78 is 16.8. The molecule has 0 N–H and O–H groups in total. The highest BCUT2D eigenvalue weighted by Gasteiger charge is 2.19. The van der Waals surface area contributed by atoms with Gasteiger partial charge in [0.25, 0.3) is 0 Å². The van der Waals surface area contributed by atoms with Gasteiger partial charge in [0.05, 0.1) is 6.42 Å². The van der Waals surface area contributed by atoms with Crippen molar-refractivity contribution >= 4 is 17.9 Å². The molecule has 0 bridgehead atoms. The van der Waals surface area contributed by atoms with Crippen LogP contribution in [0.15, 0.2) is 170 Å². The molecule has 0 aliphatic rings. The highest BCUT2D eigenvalue weighted by Crippen LogP contribution is 2.14. The molecule has 0 aromatic heterocycles. The van der Waals surface area contributed by atoms with Gasteiger partial charge in [-0.15, -0.1) is 0 Å². The van der Waals surface area contributed by atoms with Gasteiger partial charge in [0, 0.05) is 12.8 Å². The van der Waals surface area contributed by atoms with Gasteiger partial charge in [0.15, 0.2) is 6.10 Å². The molecule has 0 aliphatic heterocycles. The molecular formula is C75H118O6. The SMILES string of the molecule is CC/C=C\C/C=C\C/C=C\C/C=C\C/C=C\C/C=C\C/C=C\C/C=C\CCCCCCCCCCC(=O)OCC(COC(=O)CCCCCCC/C=C\CCCCCCCC)OC(=O)C/C=C\C/C=C\C/C=C\C/C=C\C/C=C\CC. The molecule has 0 rings (SSSR count). The highest BCUT2D eigenvalue weighted by molar-refractivity contribution is 5.72. The quantitative estimate of drug-likeness (QED) is 0.0261. The zero-order chi connectivity index (χ0) is 58.5. The lowest BCUT2D eigenvalue weighted by atomic mass is 10.1. The van der Waals surface area contributed by atoms with Crippen LogP contribution in [0.25, 0.3) is 0 Å². The predicted octanol–water partition coefficient (Wildman–Crippen LogP) is 22.7. The summed E-state index contributed by atoms with van der Waals surface area (Å²) in [7, 11) is 0. The molecule has 0 radical (unpaired) electrons. The molecule has 454 valence electrons. The summed E-state index contributed by atoms with van der Waals surface area (Å²) in [6.07, 6.45) is 99.6. The minimum absolute atomic E-state index is 0.0863. The van der Waals surface area contributed by atoms with Crippen LogP contribution in [-0.4, -0.2) is 37.2 Å². The monoisotopic (exact) mass is 1110 g/mol. The summed E-state index contributed by atoms with van der Waals surface area (Å²) in [4.78, 5) is 38.2. The maximum absolute atomic E-state index is 12.8. The lowest BCUT2D eigenvalue weighted by Crippen LogP contribution is -2.30. The van der Waals surface area contributed by atoms with Crippen molar-refractivity contribution in [2.24, 2.45) is 0 Å². The first-order chi connectivity index (χ1) is 40.0. The van der Waals surface area contributed by atoms with Gasteiger partial charge in [-0.05, 0) is 135 Å². The summed E-state index contributed by atoms with van der Waals surface area (Å²) in [6.45, 7) is 6.30. The van der Waals surface area contributed by atoms with Crippen molar-refractivity contribution in [1.82, 2.24) is 0 Å². The molecule has 6 heteroatoms. The van der Waals surface area contributed by atoms with Crippen LogP contribution in [0.3, 0.4) is 0 Å². The molecular weight excluding hydrogens is 997 g/mol. The number of hydrogen-bond acceptors (Lipinski definition) is 6. The van der Waals surface area contributed by atoms with Crippen LogP contribution >= 0.6 is 0 Å². The molecule has 0 saturated heterocycles. The van der Waals surface area contributed by atoms with Crippen molar-refractivity contribution in [3.05, 3.63) is 170 Å². The van der Waals surface area contributed by atoms with Gasteiger partial charge < -0.3 is 14.2 Å². The molecule has 81 heavy (non-hydrogen) atoms. The normalized spacial score (nSPS) is 13.3. The predicted molar refractivity (Wildman–Crippen MR) is 352 cm³/mol. The van der Waals surface area contributed by atoms with E-state index in [0.717, 1.165) is 135 Å². The van der Waals surface area contributed by atoms with E-state index in [1.165, 1.54) is 83.5 Å². The third kappa shape index (κ3) is 65.5. The lowest BCUT2D eigenvalue weighted by molar-refractivity contribution is -0.166. The topological polar surface area (TPSA) is 78.9 Å². The molecule has 0 aromatic rings. The Morgan fingerprint density at radius 3 is 0.827 bits per heavy atom. The molecule has 0 saturated carbocycles. The van der Waals surface area contributed by atoms with Crippen LogP contribution in [0.1, 0.15) is 265 Å². The average molecular weight is 1120 g/mol. The molecule has 0 aliphatic carbocycles. The Kier molecular flexibility index (Phi) is 62.9. The van der Waals surface area contributed by atoms with E-state index in [0.29, 0.717) is 19.3 Å². The van der Waals surface area contributed by atoms with E-state index in [4.69, 9.17) is 14.2 Å². The van der Waals surface area contributed by atoms with Gasteiger partial charge in [-0.2, -0.15) is 0 Å². The number of ether oxygens (including phenoxy) is 3. The van der Waals surface area contributed by atoms with Gasteiger partial charge in [-0.3, -0.25) is 14.4 Å². The number of carbonyl (C=O) groups excluding carboxylic acids is 3. The van der Waals surface area contributed by atoms with Crippen LogP contribution in [0, 0.1) is 0 Å². The van der Waals surface area contributed by atoms with E-state index < -0.39 is 12.1 Å². The summed E-state index contributed by atoms with van der Waals surface area (Å²) in [6, 6.07) is 0. The Hall–Kier alpha value is -5.23. The van der Waals surface area contributed by atoms with Crippen LogP contribution < -0.4 is 0 Å². The average Bonchev–Trinajstić information content (AvgIpc) is 3.47. The number of rotatable bonds is 57. The lowest BCUT2D eigenvalue weighted by Gasteiger charge is -2.18. The summed E-state index contributed by atoms with van der Waals surface area (Å²) in [5.74, 6) is -1.08. The molecule has 0 heterocycles. The first-order valence-corrected chi connectivity index (χ1v) is 32.6. The fourth-order valence-corrected chi connectivity index (χ4v) is 8.41. The van der Waals surface area contributed by atoms with Crippen molar-refractivity contribution in [3.63, 3.8) is 0 Å². The van der Waals surface area contributed by atoms with E-state index >= 15 is 0 Å². The van der Waals surface area contributed by atoms with Crippen LogP contribution in [0.5, 0.6) is 0 Å². The minimum atomic E-state index is -0.848. The first-order valence-electron chi connectivity index (χ1n) is 32.6. The fraction of sp³-hybridized carbons (Fsp3) is 0.587. The zero-order valence-electron chi connectivity index (χ0n) is 52.0. The number of allylic oxidation sites excluding steroid dienone is 27. The maximum Gasteiger partial charge on any atom is 0.310 e. The third-order valence-electron chi connectivity index (χ3n) is 13.2. The Morgan fingerprint density at radius 1 is 0.272 bits per heavy atom. The molecule has 0 fully saturated rings. The first kappa shape index (κ1) is 75.8. The number of carbonyl (C=O) groups is 3. The van der Waals surface area contributed by atoms with Gasteiger partial charge in [-0.1, -0.05) is 281 Å². The minimum Gasteiger partial charge on any atom is -0.462 e. The molecule has 0 aromatic carbocycles. The Bertz CT molecular complexity index is 1860. The third-order valence-corrected chi connectivity index (χ3v) is 13.2. The van der Waals surface area contributed by atoms with E-state index in [1.807, 2.05) is 6.08 Å². The van der Waals surface area contributed by atoms with Crippen molar-refractivity contribution in [2.45, 2.75) is 271 Å². The highest BCUT2D eigenvalue weighted by atomic mass is 16.6. The molecule has 0 amide bonds. The smallest absolute Gasteiger partial charge is 0.310 e. The largest absolute Gasteiger partial charge is 0.462 e. The summed E-state index contributed by atoms with van der Waals surface area (Å²) in [5.41, 5.74) is 0.